The molecular formula is C23H23N3OS. The number of nitrogens with zero attached hydrogens (tertiary/aromatic N) is 2. The summed E-state index contributed by atoms with van der Waals surface area (Å²) in [6.07, 6.45) is 2.55. The summed E-state index contributed by atoms with van der Waals surface area (Å²) in [5.74, 6) is 1.59. The zero-order valence-corrected chi connectivity index (χ0v) is 16.4. The molecule has 0 heterocycles. The number of rotatable bonds is 8. The van der Waals surface area contributed by atoms with Gasteiger partial charge < -0.3 is 10.5 Å². The van der Waals surface area contributed by atoms with E-state index in [-0.39, 0.29) is 0 Å². The summed E-state index contributed by atoms with van der Waals surface area (Å²) in [5, 5.41) is 8.58. The van der Waals surface area contributed by atoms with Crippen LogP contribution in [0, 0.1) is 0 Å². The standard InChI is InChI=1S/C23H23N3OS/c24-23(28-18-20-10-5-2-6-11-20)26-25-17-21-12-7-13-22(16-21)27-15-14-19-8-3-1-4-9-19/h1-13,16-17H,14-15,18H2,(H2,24,26). The van der Waals surface area contributed by atoms with Crippen LogP contribution in [-0.4, -0.2) is 18.0 Å². The lowest BCUT2D eigenvalue weighted by atomic mass is 10.2. The molecule has 0 aliphatic rings. The van der Waals surface area contributed by atoms with E-state index in [1.807, 2.05) is 60.7 Å². The Hall–Kier alpha value is -3.05. The molecule has 28 heavy (non-hydrogen) atoms. The molecule has 3 aromatic carbocycles. The van der Waals surface area contributed by atoms with Crippen molar-refractivity contribution in [3.05, 3.63) is 102 Å². The highest BCUT2D eigenvalue weighted by Gasteiger charge is 1.98. The lowest BCUT2D eigenvalue weighted by Gasteiger charge is -2.06. The minimum Gasteiger partial charge on any atom is -0.493 e. The Bertz CT molecular complexity index is 911. The van der Waals surface area contributed by atoms with E-state index in [4.69, 9.17) is 10.5 Å². The molecule has 3 rings (SSSR count). The Morgan fingerprint density at radius 1 is 0.893 bits per heavy atom. The van der Waals surface area contributed by atoms with E-state index in [0.29, 0.717) is 11.8 Å². The van der Waals surface area contributed by atoms with Crippen LogP contribution in [0.3, 0.4) is 0 Å². The third kappa shape index (κ3) is 6.93. The van der Waals surface area contributed by atoms with E-state index < -0.39 is 0 Å². The molecule has 0 aromatic heterocycles. The molecule has 142 valence electrons. The maximum Gasteiger partial charge on any atom is 0.180 e. The zero-order valence-electron chi connectivity index (χ0n) is 15.6. The number of nitrogens with two attached hydrogens (primary N) is 1. The summed E-state index contributed by atoms with van der Waals surface area (Å²) in [5.41, 5.74) is 9.30. The molecule has 0 atom stereocenters. The third-order valence-electron chi connectivity index (χ3n) is 3.95. The summed E-state index contributed by atoms with van der Waals surface area (Å²) in [6, 6.07) is 28.2. The summed E-state index contributed by atoms with van der Waals surface area (Å²) >= 11 is 1.47. The van der Waals surface area contributed by atoms with Crippen LogP contribution in [0.15, 0.2) is 95.1 Å². The van der Waals surface area contributed by atoms with E-state index in [1.165, 1.54) is 22.9 Å². The average Bonchev–Trinajstić information content (AvgIpc) is 2.74. The van der Waals surface area contributed by atoms with Crippen molar-refractivity contribution >= 4 is 23.1 Å². The van der Waals surface area contributed by atoms with Gasteiger partial charge in [0.15, 0.2) is 5.17 Å². The minimum absolute atomic E-state index is 0.440. The lowest BCUT2D eigenvalue weighted by Crippen LogP contribution is -2.06. The van der Waals surface area contributed by atoms with E-state index in [2.05, 4.69) is 34.5 Å². The fraction of sp³-hybridized carbons (Fsp3) is 0.130. The van der Waals surface area contributed by atoms with Crippen molar-refractivity contribution in [2.75, 3.05) is 6.61 Å². The SMILES string of the molecule is NC(=NN=Cc1cccc(OCCc2ccccc2)c1)SCc1ccccc1. The van der Waals surface area contributed by atoms with Crippen LogP contribution in [0.5, 0.6) is 5.75 Å². The Labute approximate surface area is 170 Å². The van der Waals surface area contributed by atoms with Gasteiger partial charge in [0.1, 0.15) is 5.75 Å². The van der Waals surface area contributed by atoms with Crippen molar-refractivity contribution < 1.29 is 4.74 Å². The molecule has 4 nitrogen and oxygen atoms in total. The van der Waals surface area contributed by atoms with Gasteiger partial charge in [-0.25, -0.2) is 0 Å². The molecule has 3 aromatic rings. The van der Waals surface area contributed by atoms with Crippen molar-refractivity contribution in [3.63, 3.8) is 0 Å². The monoisotopic (exact) mass is 389 g/mol. The molecule has 0 aliphatic heterocycles. The first-order chi connectivity index (χ1) is 13.8. The van der Waals surface area contributed by atoms with Crippen LogP contribution in [0.1, 0.15) is 16.7 Å². The summed E-state index contributed by atoms with van der Waals surface area (Å²) in [6.45, 7) is 0.631. The van der Waals surface area contributed by atoms with Crippen molar-refractivity contribution in [2.24, 2.45) is 15.9 Å². The zero-order chi connectivity index (χ0) is 19.4. The number of benzene rings is 3. The predicted octanol–water partition coefficient (Wildman–Crippen LogP) is 4.89. The molecule has 0 unspecified atom stereocenters. The highest BCUT2D eigenvalue weighted by Crippen LogP contribution is 2.14. The average molecular weight is 390 g/mol. The van der Waals surface area contributed by atoms with Gasteiger partial charge in [0, 0.05) is 12.2 Å². The van der Waals surface area contributed by atoms with Gasteiger partial charge >= 0.3 is 0 Å². The molecule has 2 N–H and O–H groups in total. The van der Waals surface area contributed by atoms with Crippen LogP contribution in [0.4, 0.5) is 0 Å². The summed E-state index contributed by atoms with van der Waals surface area (Å²) in [4.78, 5) is 0. The summed E-state index contributed by atoms with van der Waals surface area (Å²) in [7, 11) is 0. The van der Waals surface area contributed by atoms with Crippen molar-refractivity contribution in [2.45, 2.75) is 12.2 Å². The van der Waals surface area contributed by atoms with Gasteiger partial charge in [0.2, 0.25) is 0 Å². The maximum atomic E-state index is 5.91. The van der Waals surface area contributed by atoms with E-state index in [9.17, 15) is 0 Å². The van der Waals surface area contributed by atoms with E-state index in [0.717, 1.165) is 23.5 Å². The van der Waals surface area contributed by atoms with Gasteiger partial charge in [-0.3, -0.25) is 0 Å². The second-order valence-corrected chi connectivity index (χ2v) is 7.11. The number of thioether (sulfide) groups is 1. The van der Waals surface area contributed by atoms with Gasteiger partial charge in [-0.15, -0.1) is 5.10 Å². The maximum absolute atomic E-state index is 5.91. The summed E-state index contributed by atoms with van der Waals surface area (Å²) < 4.78 is 5.84. The number of ether oxygens (including phenoxy) is 1. The van der Waals surface area contributed by atoms with Crippen LogP contribution in [0.2, 0.25) is 0 Å². The number of amidine groups is 1. The third-order valence-corrected chi connectivity index (χ3v) is 4.81. The molecule has 0 radical (unpaired) electrons. The van der Waals surface area contributed by atoms with Crippen LogP contribution in [-0.2, 0) is 12.2 Å². The molecule has 0 aliphatic carbocycles. The lowest BCUT2D eigenvalue weighted by molar-refractivity contribution is 0.322. The molecule has 0 fully saturated rings. The highest BCUT2D eigenvalue weighted by molar-refractivity contribution is 8.13. The van der Waals surface area contributed by atoms with Gasteiger partial charge in [0.25, 0.3) is 0 Å². The van der Waals surface area contributed by atoms with Crippen molar-refractivity contribution in [1.29, 1.82) is 0 Å². The van der Waals surface area contributed by atoms with E-state index >= 15 is 0 Å². The molecule has 0 bridgehead atoms. The molecule has 0 amide bonds. The topological polar surface area (TPSA) is 60.0 Å². The normalized spacial score (nSPS) is 11.6. The molecule has 5 heteroatoms. The molecule has 0 saturated heterocycles. The van der Waals surface area contributed by atoms with Gasteiger partial charge in [-0.1, -0.05) is 84.6 Å². The Kier molecular flexibility index (Phi) is 7.70. The fourth-order valence-electron chi connectivity index (χ4n) is 2.53. The van der Waals surface area contributed by atoms with E-state index in [1.54, 1.807) is 6.21 Å². The van der Waals surface area contributed by atoms with Crippen LogP contribution < -0.4 is 10.5 Å². The number of hydrogen-bond donors (Lipinski definition) is 1. The first-order valence-electron chi connectivity index (χ1n) is 9.09. The smallest absolute Gasteiger partial charge is 0.180 e. The second kappa shape index (κ2) is 10.9. The largest absolute Gasteiger partial charge is 0.493 e. The van der Waals surface area contributed by atoms with Crippen molar-refractivity contribution in [1.82, 2.24) is 0 Å². The number of hydrogen-bond acceptors (Lipinski definition) is 4. The first-order valence-corrected chi connectivity index (χ1v) is 10.1. The van der Waals surface area contributed by atoms with Crippen molar-refractivity contribution in [3.8, 4) is 5.75 Å². The highest BCUT2D eigenvalue weighted by atomic mass is 32.2. The molecular weight excluding hydrogens is 366 g/mol. The van der Waals surface area contributed by atoms with Gasteiger partial charge in [0.05, 0.1) is 12.8 Å². The molecule has 0 spiro atoms. The second-order valence-electron chi connectivity index (χ2n) is 6.11. The first kappa shape index (κ1) is 19.7. The Morgan fingerprint density at radius 2 is 1.61 bits per heavy atom. The Morgan fingerprint density at radius 3 is 2.36 bits per heavy atom. The Balaban J connectivity index is 1.47. The quantitative estimate of drug-likeness (QED) is 0.339. The van der Waals surface area contributed by atoms with Crippen LogP contribution >= 0.6 is 11.8 Å². The van der Waals surface area contributed by atoms with Gasteiger partial charge in [-0.2, -0.15) is 5.10 Å². The fourth-order valence-corrected chi connectivity index (χ4v) is 3.14. The van der Waals surface area contributed by atoms with Gasteiger partial charge in [-0.05, 0) is 28.8 Å². The predicted molar refractivity (Wildman–Crippen MR) is 119 cm³/mol. The minimum atomic E-state index is 0.440. The molecule has 0 saturated carbocycles. The van der Waals surface area contributed by atoms with Crippen LogP contribution in [0.25, 0.3) is 0 Å².